The number of para-hydroxylation sites is 2. The van der Waals surface area contributed by atoms with Gasteiger partial charge >= 0.3 is 0 Å². The zero-order valence-corrected chi connectivity index (χ0v) is 41.6. The van der Waals surface area contributed by atoms with Crippen molar-refractivity contribution in [2.45, 2.75) is 139 Å². The molecular weight excluding hydrogens is 822 g/mol. The van der Waals surface area contributed by atoms with Crippen LogP contribution in [0.5, 0.6) is 0 Å². The molecule has 4 atom stereocenters. The van der Waals surface area contributed by atoms with Gasteiger partial charge in [-0.15, -0.1) is 0 Å². The van der Waals surface area contributed by atoms with Gasteiger partial charge in [-0.25, -0.2) is 0 Å². The molecule has 6 aliphatic rings. The van der Waals surface area contributed by atoms with E-state index in [1.807, 2.05) is 0 Å². The second-order valence-electron chi connectivity index (χ2n) is 23.5. The number of fused-ring (bicyclic) bond motifs is 10. The lowest BCUT2D eigenvalue weighted by atomic mass is 9.33. The predicted molar refractivity (Wildman–Crippen MR) is 289 cm³/mol. The maximum atomic E-state index is 2.91. The smallest absolute Gasteiger partial charge is 0.252 e. The molecular formula is C64H66BN3. The highest BCUT2D eigenvalue weighted by Gasteiger charge is 2.64. The van der Waals surface area contributed by atoms with Crippen LogP contribution in [0.4, 0.5) is 39.8 Å². The molecule has 2 saturated carbocycles. The minimum absolute atomic E-state index is 0.0464. The standard InChI is InChI=1S/C64H66BN3/c1-59(2,43-21-11-9-12-22-43)45-29-33-47(34-30-45)66(48-35-31-46(32-36-48)60(3,4)44-23-13-10-14-24-44)49-41-54-56-55(42-49)68-58-51(62(6)38-16-18-40-64(62,68)8)26-20-28-53(58)65(56)52-27-19-25-50-57(52)67(54)63(7)39-17-15-37-61(50,63)5/h9-14,19-36,41-42H,15-18,37-40H2,1-8H3. The van der Waals surface area contributed by atoms with Crippen LogP contribution in [0.15, 0.2) is 158 Å². The van der Waals surface area contributed by atoms with Gasteiger partial charge in [-0.2, -0.15) is 0 Å². The molecule has 0 bridgehead atoms. The number of hydrogen-bond acceptors (Lipinski definition) is 3. The summed E-state index contributed by atoms with van der Waals surface area (Å²) in [6, 6.07) is 61.2. The van der Waals surface area contributed by atoms with Crippen molar-refractivity contribution in [2.75, 3.05) is 14.7 Å². The second-order valence-corrected chi connectivity index (χ2v) is 23.5. The van der Waals surface area contributed by atoms with Crippen LogP contribution in [-0.4, -0.2) is 17.8 Å². The summed E-state index contributed by atoms with van der Waals surface area (Å²) < 4.78 is 0. The third-order valence-electron chi connectivity index (χ3n) is 19.8. The van der Waals surface area contributed by atoms with E-state index < -0.39 is 0 Å². The zero-order valence-electron chi connectivity index (χ0n) is 41.6. The Bertz CT molecular complexity index is 2950. The van der Waals surface area contributed by atoms with Crippen molar-refractivity contribution in [2.24, 2.45) is 0 Å². The Morgan fingerprint density at radius 2 is 0.809 bits per heavy atom. The molecule has 4 heteroatoms. The number of benzene rings is 7. The molecule has 7 aromatic carbocycles. The van der Waals surface area contributed by atoms with Gasteiger partial charge < -0.3 is 14.7 Å². The first kappa shape index (κ1) is 42.1. The molecule has 4 aliphatic heterocycles. The van der Waals surface area contributed by atoms with Crippen molar-refractivity contribution in [1.29, 1.82) is 0 Å². The fourth-order valence-corrected chi connectivity index (χ4v) is 15.2. The van der Waals surface area contributed by atoms with E-state index >= 15 is 0 Å². The number of rotatable bonds is 7. The average Bonchev–Trinajstić information content (AvgIpc) is 3.71. The maximum Gasteiger partial charge on any atom is 0.252 e. The largest absolute Gasteiger partial charge is 0.335 e. The van der Waals surface area contributed by atoms with Crippen LogP contribution in [0.2, 0.25) is 0 Å². The average molecular weight is 888 g/mol. The molecule has 0 amide bonds. The Kier molecular flexibility index (Phi) is 8.85. The van der Waals surface area contributed by atoms with Gasteiger partial charge in [0.15, 0.2) is 0 Å². The minimum Gasteiger partial charge on any atom is -0.335 e. The molecule has 4 heterocycles. The Morgan fingerprint density at radius 1 is 0.426 bits per heavy atom. The quantitative estimate of drug-likeness (QED) is 0.148. The van der Waals surface area contributed by atoms with E-state index in [0.717, 1.165) is 0 Å². The highest BCUT2D eigenvalue weighted by atomic mass is 15.3. The van der Waals surface area contributed by atoms with Gasteiger partial charge in [-0.1, -0.05) is 189 Å². The summed E-state index contributed by atoms with van der Waals surface area (Å²) >= 11 is 0. The molecule has 7 aromatic rings. The molecule has 0 aromatic heterocycles. The van der Waals surface area contributed by atoms with Crippen LogP contribution < -0.4 is 31.1 Å². The van der Waals surface area contributed by atoms with Crippen molar-refractivity contribution in [3.05, 3.63) is 191 Å². The molecule has 2 aliphatic carbocycles. The molecule has 0 N–H and O–H groups in total. The third kappa shape index (κ3) is 5.33. The highest BCUT2D eigenvalue weighted by molar-refractivity contribution is 7.00. The number of nitrogens with zero attached hydrogens (tertiary/aromatic N) is 3. The second kappa shape index (κ2) is 14.3. The van der Waals surface area contributed by atoms with E-state index in [9.17, 15) is 0 Å². The Hall–Kier alpha value is -6.00. The lowest BCUT2D eigenvalue weighted by molar-refractivity contribution is 0.194. The van der Waals surface area contributed by atoms with E-state index in [4.69, 9.17) is 0 Å². The van der Waals surface area contributed by atoms with Gasteiger partial charge in [-0.3, -0.25) is 0 Å². The summed E-state index contributed by atoms with van der Waals surface area (Å²) in [7, 11) is 0. The van der Waals surface area contributed by atoms with Crippen molar-refractivity contribution in [3.8, 4) is 0 Å². The molecule has 68 heavy (non-hydrogen) atoms. The topological polar surface area (TPSA) is 9.72 Å². The number of hydrogen-bond donors (Lipinski definition) is 0. The molecule has 0 spiro atoms. The first-order valence-electron chi connectivity index (χ1n) is 25.9. The van der Waals surface area contributed by atoms with Crippen molar-refractivity contribution in [3.63, 3.8) is 0 Å². The van der Waals surface area contributed by atoms with E-state index in [1.54, 1.807) is 11.1 Å². The van der Waals surface area contributed by atoms with Crippen LogP contribution in [0, 0.1) is 0 Å². The van der Waals surface area contributed by atoms with Gasteiger partial charge in [-0.05, 0) is 126 Å². The summed E-state index contributed by atoms with van der Waals surface area (Å²) in [4.78, 5) is 8.42. The van der Waals surface area contributed by atoms with Gasteiger partial charge in [0.05, 0.1) is 16.8 Å². The Morgan fingerprint density at radius 3 is 1.22 bits per heavy atom. The van der Waals surface area contributed by atoms with Gasteiger partial charge in [0, 0.05) is 55.8 Å². The first-order chi connectivity index (χ1) is 32.7. The molecule has 13 rings (SSSR count). The Balaban J connectivity index is 1.07. The maximum absolute atomic E-state index is 2.91. The normalized spacial score (nSPS) is 25.0. The van der Waals surface area contributed by atoms with Crippen molar-refractivity contribution >= 4 is 62.9 Å². The molecule has 0 radical (unpaired) electrons. The molecule has 340 valence electrons. The lowest BCUT2D eigenvalue weighted by Crippen LogP contribution is -2.66. The molecule has 3 nitrogen and oxygen atoms in total. The minimum atomic E-state index is -0.147. The highest BCUT2D eigenvalue weighted by Crippen LogP contribution is 2.65. The van der Waals surface area contributed by atoms with E-state index in [-0.39, 0.29) is 39.5 Å². The summed E-state index contributed by atoms with van der Waals surface area (Å²) in [5.74, 6) is 0. The van der Waals surface area contributed by atoms with Gasteiger partial charge in [0.25, 0.3) is 6.71 Å². The van der Waals surface area contributed by atoms with E-state index in [0.29, 0.717) is 0 Å². The zero-order chi connectivity index (χ0) is 46.6. The van der Waals surface area contributed by atoms with E-state index in [2.05, 4.69) is 228 Å². The predicted octanol–water partition coefficient (Wildman–Crippen LogP) is 14.4. The molecule has 4 unspecified atom stereocenters. The summed E-state index contributed by atoms with van der Waals surface area (Å²) in [5.41, 5.74) is 22.0. The summed E-state index contributed by atoms with van der Waals surface area (Å²) in [5, 5.41) is 0. The summed E-state index contributed by atoms with van der Waals surface area (Å²) in [6.07, 6.45) is 9.88. The third-order valence-corrected chi connectivity index (χ3v) is 19.8. The van der Waals surface area contributed by atoms with Crippen LogP contribution >= 0.6 is 0 Å². The van der Waals surface area contributed by atoms with Crippen LogP contribution in [0.1, 0.15) is 140 Å². The first-order valence-corrected chi connectivity index (χ1v) is 25.9. The SMILES string of the molecule is CC(C)(c1ccccc1)c1ccc(N(c2ccc(C(C)(C)c3ccccc3)cc2)c2cc3c4c(c2)N2c5c(cccc5C5(C)CCCCC25C)B4c2cccc4c2N3C2(C)CCCCC42C)cc1. The summed E-state index contributed by atoms with van der Waals surface area (Å²) in [6.45, 7) is 20.1. The molecule has 0 saturated heterocycles. The monoisotopic (exact) mass is 888 g/mol. The van der Waals surface area contributed by atoms with Crippen molar-refractivity contribution < 1.29 is 0 Å². The van der Waals surface area contributed by atoms with Crippen LogP contribution in [0.25, 0.3) is 0 Å². The number of anilines is 7. The fourth-order valence-electron chi connectivity index (χ4n) is 15.2. The lowest BCUT2D eigenvalue weighted by Gasteiger charge is -2.55. The van der Waals surface area contributed by atoms with Crippen LogP contribution in [0.3, 0.4) is 0 Å². The molecule has 2 fully saturated rings. The Labute approximate surface area is 406 Å². The van der Waals surface area contributed by atoms with Crippen molar-refractivity contribution in [1.82, 2.24) is 0 Å². The van der Waals surface area contributed by atoms with E-state index in [1.165, 1.54) is 130 Å². The van der Waals surface area contributed by atoms with Gasteiger partial charge in [0.2, 0.25) is 0 Å². The van der Waals surface area contributed by atoms with Gasteiger partial charge in [0.1, 0.15) is 0 Å². The fraction of sp³-hybridized carbons (Fsp3) is 0.344. The van der Waals surface area contributed by atoms with Crippen LogP contribution in [-0.2, 0) is 21.7 Å².